The lowest BCUT2D eigenvalue weighted by Crippen LogP contribution is -2.06. The number of nitrogens with two attached hydrogens (primary N) is 1. The van der Waals surface area contributed by atoms with Crippen molar-refractivity contribution in [2.75, 3.05) is 0 Å². The maximum Gasteiger partial charge on any atom is 0.0300 e. The van der Waals surface area contributed by atoms with Gasteiger partial charge in [0.25, 0.3) is 0 Å². The van der Waals surface area contributed by atoms with Gasteiger partial charge in [0.15, 0.2) is 0 Å². The maximum atomic E-state index is 6.06. The van der Waals surface area contributed by atoms with Crippen molar-refractivity contribution < 1.29 is 0 Å². The Labute approximate surface area is 86.3 Å². The smallest absolute Gasteiger partial charge is 0.0300 e. The molecule has 0 saturated heterocycles. The Hall–Kier alpha value is -0.820. The Morgan fingerprint density at radius 3 is 2.50 bits per heavy atom. The maximum absolute atomic E-state index is 6.06. The number of fused-ring (bicyclic) bond motifs is 1. The van der Waals surface area contributed by atoms with Crippen LogP contribution >= 0.6 is 0 Å². The van der Waals surface area contributed by atoms with Crippen molar-refractivity contribution in [1.29, 1.82) is 0 Å². The van der Waals surface area contributed by atoms with Gasteiger partial charge in [-0.3, -0.25) is 0 Å². The molecule has 1 aromatic carbocycles. The monoisotopic (exact) mass is 189 g/mol. The summed E-state index contributed by atoms with van der Waals surface area (Å²) in [5, 5.41) is 0. The van der Waals surface area contributed by atoms with Crippen LogP contribution in [-0.2, 0) is 19.3 Å². The van der Waals surface area contributed by atoms with Crippen molar-refractivity contribution in [1.82, 2.24) is 0 Å². The molecule has 2 N–H and O–H groups in total. The molecule has 1 aromatic rings. The first-order valence-electron chi connectivity index (χ1n) is 5.66. The predicted octanol–water partition coefficient (Wildman–Crippen LogP) is 2.76. The Balaban J connectivity index is 2.49. The molecule has 1 aliphatic rings. The second-order valence-corrected chi connectivity index (χ2v) is 4.17. The van der Waals surface area contributed by atoms with Gasteiger partial charge < -0.3 is 5.73 Å². The first-order chi connectivity index (χ1) is 6.76. The molecule has 1 aliphatic carbocycles. The zero-order valence-corrected chi connectivity index (χ0v) is 9.14. The molecule has 0 radical (unpaired) electrons. The van der Waals surface area contributed by atoms with Crippen molar-refractivity contribution in [3.05, 3.63) is 34.4 Å². The number of aryl methyl sites for hydroxylation is 3. The molecule has 2 rings (SSSR count). The van der Waals surface area contributed by atoms with Crippen molar-refractivity contribution in [3.63, 3.8) is 0 Å². The zero-order valence-electron chi connectivity index (χ0n) is 9.14. The molecule has 0 spiro atoms. The third-order valence-electron chi connectivity index (χ3n) is 3.35. The molecule has 1 atom stereocenters. The Kier molecular flexibility index (Phi) is 2.60. The average Bonchev–Trinajstić information content (AvgIpc) is 2.58. The minimum atomic E-state index is 0.293. The van der Waals surface area contributed by atoms with E-state index in [1.165, 1.54) is 28.7 Å². The highest BCUT2D eigenvalue weighted by atomic mass is 14.6. The lowest BCUT2D eigenvalue weighted by atomic mass is 9.96. The second kappa shape index (κ2) is 3.74. The van der Waals surface area contributed by atoms with Crippen molar-refractivity contribution in [2.24, 2.45) is 5.73 Å². The number of hydrogen-bond acceptors (Lipinski definition) is 1. The van der Waals surface area contributed by atoms with E-state index in [0.717, 1.165) is 19.3 Å². The third kappa shape index (κ3) is 1.46. The summed E-state index contributed by atoms with van der Waals surface area (Å²) in [5.74, 6) is 0. The molecular formula is C13H19N. The molecule has 1 heteroatoms. The highest BCUT2D eigenvalue weighted by Crippen LogP contribution is 2.31. The standard InChI is InChI=1S/C13H19N/c1-3-9-7-11-5-6-13(14)12(11)8-10(9)4-2/h7-8,13H,3-6,14H2,1-2H3. The molecule has 1 unspecified atom stereocenters. The Morgan fingerprint density at radius 1 is 1.21 bits per heavy atom. The Bertz CT molecular complexity index is 341. The van der Waals surface area contributed by atoms with Crippen LogP contribution < -0.4 is 5.73 Å². The summed E-state index contributed by atoms with van der Waals surface area (Å²) < 4.78 is 0. The van der Waals surface area contributed by atoms with Gasteiger partial charge in [0.1, 0.15) is 0 Å². The normalized spacial score (nSPS) is 19.8. The van der Waals surface area contributed by atoms with E-state index in [4.69, 9.17) is 5.73 Å². The van der Waals surface area contributed by atoms with E-state index in [1.807, 2.05) is 0 Å². The van der Waals surface area contributed by atoms with E-state index in [-0.39, 0.29) is 0 Å². The van der Waals surface area contributed by atoms with Gasteiger partial charge in [0.2, 0.25) is 0 Å². The van der Waals surface area contributed by atoms with Gasteiger partial charge in [0.05, 0.1) is 0 Å². The third-order valence-corrected chi connectivity index (χ3v) is 3.35. The molecule has 14 heavy (non-hydrogen) atoms. The summed E-state index contributed by atoms with van der Waals surface area (Å²) >= 11 is 0. The predicted molar refractivity (Wildman–Crippen MR) is 60.4 cm³/mol. The summed E-state index contributed by atoms with van der Waals surface area (Å²) in [6.45, 7) is 4.46. The molecule has 0 bridgehead atoms. The van der Waals surface area contributed by atoms with Crippen LogP contribution in [0.4, 0.5) is 0 Å². The first kappa shape index (κ1) is 9.72. The van der Waals surface area contributed by atoms with Crippen LogP contribution in [0.15, 0.2) is 12.1 Å². The molecule has 0 aliphatic heterocycles. The number of hydrogen-bond donors (Lipinski definition) is 1. The first-order valence-corrected chi connectivity index (χ1v) is 5.66. The van der Waals surface area contributed by atoms with Crippen LogP contribution in [0.3, 0.4) is 0 Å². The molecule has 0 heterocycles. The van der Waals surface area contributed by atoms with Gasteiger partial charge in [0, 0.05) is 6.04 Å². The quantitative estimate of drug-likeness (QED) is 0.760. The molecule has 1 nitrogen and oxygen atoms in total. The number of benzene rings is 1. The van der Waals surface area contributed by atoms with Crippen molar-refractivity contribution in [3.8, 4) is 0 Å². The van der Waals surface area contributed by atoms with Crippen molar-refractivity contribution in [2.45, 2.75) is 45.6 Å². The summed E-state index contributed by atoms with van der Waals surface area (Å²) in [7, 11) is 0. The average molecular weight is 189 g/mol. The van der Waals surface area contributed by atoms with Gasteiger partial charge in [-0.05, 0) is 47.9 Å². The van der Waals surface area contributed by atoms with Crippen LogP contribution in [0.2, 0.25) is 0 Å². The minimum Gasteiger partial charge on any atom is -0.324 e. The fraction of sp³-hybridized carbons (Fsp3) is 0.538. The summed E-state index contributed by atoms with van der Waals surface area (Å²) in [5.41, 5.74) is 12.0. The fourth-order valence-corrected chi connectivity index (χ4v) is 2.45. The van der Waals surface area contributed by atoms with Crippen LogP contribution in [-0.4, -0.2) is 0 Å². The number of rotatable bonds is 2. The second-order valence-electron chi connectivity index (χ2n) is 4.17. The van der Waals surface area contributed by atoms with Crippen LogP contribution in [0.1, 0.15) is 48.6 Å². The van der Waals surface area contributed by atoms with Crippen molar-refractivity contribution >= 4 is 0 Å². The van der Waals surface area contributed by atoms with Crippen LogP contribution in [0.25, 0.3) is 0 Å². The minimum absolute atomic E-state index is 0.293. The molecular weight excluding hydrogens is 170 g/mol. The van der Waals surface area contributed by atoms with Gasteiger partial charge in [-0.2, -0.15) is 0 Å². The molecule has 0 saturated carbocycles. The van der Waals surface area contributed by atoms with E-state index >= 15 is 0 Å². The van der Waals surface area contributed by atoms with Crippen LogP contribution in [0, 0.1) is 0 Å². The summed E-state index contributed by atoms with van der Waals surface area (Å²) in [6, 6.07) is 5.01. The van der Waals surface area contributed by atoms with E-state index in [0.29, 0.717) is 6.04 Å². The summed E-state index contributed by atoms with van der Waals surface area (Å²) in [4.78, 5) is 0. The van der Waals surface area contributed by atoms with E-state index in [2.05, 4.69) is 26.0 Å². The molecule has 0 amide bonds. The Morgan fingerprint density at radius 2 is 1.86 bits per heavy atom. The van der Waals surface area contributed by atoms with Gasteiger partial charge >= 0.3 is 0 Å². The SMILES string of the molecule is CCc1cc2c(cc1CC)C(N)CC2. The highest BCUT2D eigenvalue weighted by molar-refractivity contribution is 5.42. The molecule has 0 aromatic heterocycles. The van der Waals surface area contributed by atoms with Crippen LogP contribution in [0.5, 0.6) is 0 Å². The van der Waals surface area contributed by atoms with Gasteiger partial charge in [-0.15, -0.1) is 0 Å². The fourth-order valence-electron chi connectivity index (χ4n) is 2.45. The molecule has 76 valence electrons. The van der Waals surface area contributed by atoms with E-state index in [9.17, 15) is 0 Å². The van der Waals surface area contributed by atoms with E-state index < -0.39 is 0 Å². The van der Waals surface area contributed by atoms with Gasteiger partial charge in [-0.25, -0.2) is 0 Å². The lowest BCUT2D eigenvalue weighted by Gasteiger charge is -2.11. The zero-order chi connectivity index (χ0) is 10.1. The topological polar surface area (TPSA) is 26.0 Å². The summed E-state index contributed by atoms with van der Waals surface area (Å²) in [6.07, 6.45) is 4.58. The molecule has 0 fully saturated rings. The largest absolute Gasteiger partial charge is 0.324 e. The van der Waals surface area contributed by atoms with E-state index in [1.54, 1.807) is 0 Å². The van der Waals surface area contributed by atoms with Gasteiger partial charge in [-0.1, -0.05) is 26.0 Å². The highest BCUT2D eigenvalue weighted by Gasteiger charge is 2.20. The lowest BCUT2D eigenvalue weighted by molar-refractivity contribution is 0.713.